The van der Waals surface area contributed by atoms with E-state index in [1.165, 1.54) is 6.07 Å². The van der Waals surface area contributed by atoms with Crippen molar-refractivity contribution in [3.05, 3.63) is 47.2 Å². The molecule has 0 amide bonds. The van der Waals surface area contributed by atoms with Crippen molar-refractivity contribution in [2.24, 2.45) is 0 Å². The smallest absolute Gasteiger partial charge is 0.435 e. The number of carboxylic acids is 1. The maximum Gasteiger partial charge on any atom is 0.435 e. The lowest BCUT2D eigenvalue weighted by molar-refractivity contribution is -0.141. The number of carbonyl (C=O) groups is 1. The Hall–Kier alpha value is -2.64. The zero-order chi connectivity index (χ0) is 15.6. The molecule has 0 fully saturated rings. The van der Waals surface area contributed by atoms with E-state index in [0.29, 0.717) is 11.3 Å². The molecular weight excluding hydrogens is 287 g/mol. The van der Waals surface area contributed by atoms with Crippen LogP contribution in [0.4, 0.5) is 24.7 Å². The van der Waals surface area contributed by atoms with E-state index in [0.717, 1.165) is 12.1 Å². The van der Waals surface area contributed by atoms with E-state index >= 15 is 0 Å². The second-order valence-electron chi connectivity index (χ2n) is 4.26. The van der Waals surface area contributed by atoms with Gasteiger partial charge >= 0.3 is 12.1 Å². The van der Waals surface area contributed by atoms with E-state index in [2.05, 4.69) is 15.5 Å². The van der Waals surface area contributed by atoms with Crippen molar-refractivity contribution in [2.75, 3.05) is 5.32 Å². The molecule has 0 aliphatic heterocycles. The fraction of sp³-hybridized carbons (Fsp3) is 0.154. The van der Waals surface area contributed by atoms with Gasteiger partial charge in [-0.15, -0.1) is 10.2 Å². The normalized spacial score (nSPS) is 11.2. The van der Waals surface area contributed by atoms with Crippen molar-refractivity contribution in [2.45, 2.75) is 13.1 Å². The topological polar surface area (TPSA) is 75.1 Å². The summed E-state index contributed by atoms with van der Waals surface area (Å²) in [4.78, 5) is 11.0. The second kappa shape index (κ2) is 5.39. The second-order valence-corrected chi connectivity index (χ2v) is 4.26. The highest BCUT2D eigenvalue weighted by atomic mass is 19.4. The maximum absolute atomic E-state index is 12.3. The van der Waals surface area contributed by atoms with Gasteiger partial charge in [0.1, 0.15) is 0 Å². The first-order valence-corrected chi connectivity index (χ1v) is 5.79. The third-order valence-corrected chi connectivity index (χ3v) is 2.70. The van der Waals surface area contributed by atoms with Crippen molar-refractivity contribution in [3.8, 4) is 0 Å². The Labute approximate surface area is 117 Å². The van der Waals surface area contributed by atoms with Crippen LogP contribution in [0.25, 0.3) is 0 Å². The predicted octanol–water partition coefficient (Wildman–Crippen LogP) is 3.25. The number of aromatic nitrogens is 2. The minimum Gasteiger partial charge on any atom is -0.478 e. The number of hydrogen-bond acceptors (Lipinski definition) is 4. The molecule has 1 aromatic carbocycles. The summed E-state index contributed by atoms with van der Waals surface area (Å²) in [5.74, 6) is -1.00. The van der Waals surface area contributed by atoms with E-state index < -0.39 is 17.8 Å². The van der Waals surface area contributed by atoms with E-state index in [1.54, 1.807) is 19.1 Å². The van der Waals surface area contributed by atoms with E-state index in [9.17, 15) is 18.0 Å². The summed E-state index contributed by atoms with van der Waals surface area (Å²) in [5, 5.41) is 18.2. The quantitative estimate of drug-likeness (QED) is 0.909. The number of rotatable bonds is 3. The van der Waals surface area contributed by atoms with Crippen LogP contribution >= 0.6 is 0 Å². The summed E-state index contributed by atoms with van der Waals surface area (Å²) in [6, 6.07) is 6.47. The molecule has 0 saturated carbocycles. The Balaban J connectivity index is 2.22. The van der Waals surface area contributed by atoms with Gasteiger partial charge in [0, 0.05) is 5.69 Å². The first-order valence-electron chi connectivity index (χ1n) is 5.79. The molecular formula is C13H10F3N3O2. The molecule has 2 aromatic rings. The molecule has 0 saturated heterocycles. The van der Waals surface area contributed by atoms with E-state index in [-0.39, 0.29) is 11.4 Å². The summed E-state index contributed by atoms with van der Waals surface area (Å²) >= 11 is 0. The first kappa shape index (κ1) is 14.8. The largest absolute Gasteiger partial charge is 0.478 e. The van der Waals surface area contributed by atoms with Gasteiger partial charge in [0.15, 0.2) is 11.5 Å². The number of aromatic carboxylic acids is 1. The number of benzene rings is 1. The molecule has 0 bridgehead atoms. The van der Waals surface area contributed by atoms with E-state index in [4.69, 9.17) is 5.11 Å². The number of nitrogens with one attached hydrogen (secondary N) is 1. The maximum atomic E-state index is 12.3. The molecule has 0 radical (unpaired) electrons. The fourth-order valence-corrected chi connectivity index (χ4v) is 1.63. The molecule has 110 valence electrons. The number of alkyl halides is 3. The van der Waals surface area contributed by atoms with Gasteiger partial charge < -0.3 is 10.4 Å². The molecule has 1 heterocycles. The number of aryl methyl sites for hydroxylation is 1. The highest BCUT2D eigenvalue weighted by Crippen LogP contribution is 2.27. The minimum absolute atomic E-state index is 0.0863. The molecule has 21 heavy (non-hydrogen) atoms. The Morgan fingerprint density at radius 3 is 2.43 bits per heavy atom. The van der Waals surface area contributed by atoms with Gasteiger partial charge in [-0.25, -0.2) is 4.79 Å². The van der Waals surface area contributed by atoms with Gasteiger partial charge in [0.25, 0.3) is 0 Å². The third-order valence-electron chi connectivity index (χ3n) is 2.70. The number of halogens is 3. The molecule has 0 aliphatic rings. The first-order chi connectivity index (χ1) is 9.77. The monoisotopic (exact) mass is 297 g/mol. The van der Waals surface area contributed by atoms with Crippen molar-refractivity contribution in [1.82, 2.24) is 10.2 Å². The summed E-state index contributed by atoms with van der Waals surface area (Å²) in [5.41, 5.74) is -0.0262. The number of nitrogens with zero attached hydrogens (tertiary/aromatic N) is 2. The molecule has 0 aliphatic carbocycles. The predicted molar refractivity (Wildman–Crippen MR) is 68.5 cm³/mol. The Morgan fingerprint density at radius 2 is 1.90 bits per heavy atom. The van der Waals surface area contributed by atoms with Gasteiger partial charge in [-0.05, 0) is 36.8 Å². The molecule has 0 unspecified atom stereocenters. The molecule has 5 nitrogen and oxygen atoms in total. The highest BCUT2D eigenvalue weighted by molar-refractivity contribution is 5.90. The van der Waals surface area contributed by atoms with Crippen molar-refractivity contribution in [1.29, 1.82) is 0 Å². The van der Waals surface area contributed by atoms with Crippen LogP contribution < -0.4 is 5.32 Å². The minimum atomic E-state index is -4.55. The summed E-state index contributed by atoms with van der Waals surface area (Å²) in [6.07, 6.45) is -4.55. The highest BCUT2D eigenvalue weighted by Gasteiger charge is 2.32. The van der Waals surface area contributed by atoms with Gasteiger partial charge in [0.05, 0.1) is 5.56 Å². The molecule has 2 rings (SSSR count). The van der Waals surface area contributed by atoms with Crippen LogP contribution in [0.2, 0.25) is 0 Å². The number of hydrogen-bond donors (Lipinski definition) is 2. The SMILES string of the molecule is Cc1ccc(Nc2ccc(C(F)(F)F)nn2)cc1C(=O)O. The van der Waals surface area contributed by atoms with Crippen LogP contribution in [-0.2, 0) is 6.18 Å². The van der Waals surface area contributed by atoms with Gasteiger partial charge in [-0.1, -0.05) is 6.07 Å². The van der Waals surface area contributed by atoms with Crippen molar-refractivity contribution >= 4 is 17.5 Å². The summed E-state index contributed by atoms with van der Waals surface area (Å²) in [6.45, 7) is 1.64. The Morgan fingerprint density at radius 1 is 1.19 bits per heavy atom. The summed E-state index contributed by atoms with van der Waals surface area (Å²) < 4.78 is 37.0. The molecule has 0 spiro atoms. The van der Waals surface area contributed by atoms with E-state index in [1.807, 2.05) is 0 Å². The lowest BCUT2D eigenvalue weighted by Crippen LogP contribution is -2.09. The molecule has 2 N–H and O–H groups in total. The van der Waals surface area contributed by atoms with Crippen LogP contribution in [0.15, 0.2) is 30.3 Å². The van der Waals surface area contributed by atoms with Crippen molar-refractivity contribution < 1.29 is 23.1 Å². The van der Waals surface area contributed by atoms with Crippen LogP contribution in [0.1, 0.15) is 21.6 Å². The van der Waals surface area contributed by atoms with Gasteiger partial charge in [0.2, 0.25) is 0 Å². The van der Waals surface area contributed by atoms with Crippen LogP contribution in [-0.4, -0.2) is 21.3 Å². The zero-order valence-corrected chi connectivity index (χ0v) is 10.8. The number of carboxylic acid groups (broad SMARTS) is 1. The average molecular weight is 297 g/mol. The molecule has 1 aromatic heterocycles. The molecule has 0 atom stereocenters. The van der Waals surface area contributed by atoms with Crippen LogP contribution in [0.5, 0.6) is 0 Å². The van der Waals surface area contributed by atoms with Gasteiger partial charge in [-0.2, -0.15) is 13.2 Å². The summed E-state index contributed by atoms with van der Waals surface area (Å²) in [7, 11) is 0. The third kappa shape index (κ3) is 3.47. The fourth-order valence-electron chi connectivity index (χ4n) is 1.63. The lowest BCUT2D eigenvalue weighted by atomic mass is 10.1. The average Bonchev–Trinajstić information content (AvgIpc) is 2.40. The van der Waals surface area contributed by atoms with Crippen LogP contribution in [0, 0.1) is 6.92 Å². The molecule has 8 heteroatoms. The lowest BCUT2D eigenvalue weighted by Gasteiger charge is -2.09. The van der Waals surface area contributed by atoms with Crippen molar-refractivity contribution in [3.63, 3.8) is 0 Å². The van der Waals surface area contributed by atoms with Gasteiger partial charge in [-0.3, -0.25) is 0 Å². The van der Waals surface area contributed by atoms with Crippen LogP contribution in [0.3, 0.4) is 0 Å². The Bertz CT molecular complexity index is 669. The standard InChI is InChI=1S/C13H10F3N3O2/c1-7-2-3-8(6-9(7)12(20)21)17-11-5-4-10(18-19-11)13(14,15)16/h2-6H,1H3,(H,17,19)(H,20,21). The number of anilines is 2. The Kier molecular flexibility index (Phi) is 3.79. The zero-order valence-electron chi connectivity index (χ0n) is 10.8.